The first kappa shape index (κ1) is 25.4. The van der Waals surface area contributed by atoms with Gasteiger partial charge in [0.25, 0.3) is 11.5 Å². The molecule has 0 fully saturated rings. The minimum Gasteiger partial charge on any atom is -0.490 e. The molecule has 2 heterocycles. The number of hydrogen-bond donors (Lipinski definition) is 1. The Bertz CT molecular complexity index is 1700. The fourth-order valence-corrected chi connectivity index (χ4v) is 5.43. The SMILES string of the molecule is CC1=C(C(=O)Nc2ccccc2)[C@H](c2ccc(F)cc2)n2c(s/c(=C\c3ccccc3OC(C)C)c2=O)=N1. The second-order valence-electron chi connectivity index (χ2n) is 9.16. The Labute approximate surface area is 223 Å². The summed E-state index contributed by atoms with van der Waals surface area (Å²) in [6, 6.07) is 21.6. The number of halogens is 1. The highest BCUT2D eigenvalue weighted by Crippen LogP contribution is 2.31. The van der Waals surface area contributed by atoms with Gasteiger partial charge in [-0.2, -0.15) is 0 Å². The van der Waals surface area contributed by atoms with Crippen LogP contribution in [0.4, 0.5) is 10.1 Å². The second kappa shape index (κ2) is 10.6. The number of aromatic nitrogens is 1. The number of hydrogen-bond acceptors (Lipinski definition) is 5. The first-order valence-corrected chi connectivity index (χ1v) is 13.0. The quantitative estimate of drug-likeness (QED) is 0.392. The number of rotatable bonds is 6. The lowest BCUT2D eigenvalue weighted by molar-refractivity contribution is -0.113. The van der Waals surface area contributed by atoms with Gasteiger partial charge in [0.05, 0.1) is 27.9 Å². The van der Waals surface area contributed by atoms with Crippen LogP contribution >= 0.6 is 11.3 Å². The first-order chi connectivity index (χ1) is 18.3. The van der Waals surface area contributed by atoms with E-state index in [4.69, 9.17) is 4.74 Å². The van der Waals surface area contributed by atoms with Gasteiger partial charge in [-0.1, -0.05) is 59.9 Å². The van der Waals surface area contributed by atoms with Crippen molar-refractivity contribution in [3.05, 3.63) is 127 Å². The van der Waals surface area contributed by atoms with Crippen molar-refractivity contribution in [1.82, 2.24) is 4.57 Å². The smallest absolute Gasteiger partial charge is 0.271 e. The van der Waals surface area contributed by atoms with Crippen LogP contribution in [-0.4, -0.2) is 16.6 Å². The molecule has 38 heavy (non-hydrogen) atoms. The molecule has 5 rings (SSSR count). The van der Waals surface area contributed by atoms with Gasteiger partial charge in [0.1, 0.15) is 11.6 Å². The average Bonchev–Trinajstić information content (AvgIpc) is 3.19. The molecule has 1 amide bonds. The molecule has 1 atom stereocenters. The van der Waals surface area contributed by atoms with Gasteiger partial charge in [-0.25, -0.2) is 9.38 Å². The summed E-state index contributed by atoms with van der Waals surface area (Å²) in [6.07, 6.45) is 1.75. The van der Waals surface area contributed by atoms with E-state index in [0.717, 1.165) is 5.56 Å². The molecule has 1 aromatic heterocycles. The van der Waals surface area contributed by atoms with Crippen molar-refractivity contribution in [2.24, 2.45) is 4.99 Å². The monoisotopic (exact) mass is 527 g/mol. The molecular weight excluding hydrogens is 501 g/mol. The number of anilines is 1. The zero-order valence-electron chi connectivity index (χ0n) is 21.1. The molecule has 0 unspecified atom stereocenters. The van der Waals surface area contributed by atoms with Crippen LogP contribution in [0.15, 0.2) is 99.9 Å². The third kappa shape index (κ3) is 5.08. The summed E-state index contributed by atoms with van der Waals surface area (Å²) in [5.41, 5.74) is 2.51. The van der Waals surface area contributed by atoms with Gasteiger partial charge in [0.15, 0.2) is 4.80 Å². The Morgan fingerprint density at radius 1 is 1.05 bits per heavy atom. The third-order valence-corrected chi connectivity index (χ3v) is 7.03. The summed E-state index contributed by atoms with van der Waals surface area (Å²) in [7, 11) is 0. The van der Waals surface area contributed by atoms with E-state index in [9.17, 15) is 14.0 Å². The van der Waals surface area contributed by atoms with Crippen molar-refractivity contribution in [1.29, 1.82) is 0 Å². The molecule has 0 bridgehead atoms. The van der Waals surface area contributed by atoms with Gasteiger partial charge >= 0.3 is 0 Å². The largest absolute Gasteiger partial charge is 0.490 e. The van der Waals surface area contributed by atoms with E-state index >= 15 is 0 Å². The fraction of sp³-hybridized carbons (Fsp3) is 0.167. The van der Waals surface area contributed by atoms with Crippen LogP contribution in [-0.2, 0) is 4.79 Å². The molecule has 4 aromatic rings. The van der Waals surface area contributed by atoms with E-state index in [1.54, 1.807) is 37.3 Å². The average molecular weight is 528 g/mol. The molecular formula is C30H26FN3O3S. The van der Waals surface area contributed by atoms with E-state index < -0.39 is 11.9 Å². The molecule has 1 N–H and O–H groups in total. The second-order valence-corrected chi connectivity index (χ2v) is 10.2. The van der Waals surface area contributed by atoms with Gasteiger partial charge in [0.2, 0.25) is 0 Å². The van der Waals surface area contributed by atoms with Crippen molar-refractivity contribution in [3.63, 3.8) is 0 Å². The minimum atomic E-state index is -0.778. The number of thiazole rings is 1. The van der Waals surface area contributed by atoms with E-state index in [0.29, 0.717) is 37.6 Å². The van der Waals surface area contributed by atoms with Crippen molar-refractivity contribution in [2.45, 2.75) is 32.9 Å². The summed E-state index contributed by atoms with van der Waals surface area (Å²) in [5, 5.41) is 2.91. The fourth-order valence-electron chi connectivity index (χ4n) is 4.39. The lowest BCUT2D eigenvalue weighted by atomic mass is 9.95. The van der Waals surface area contributed by atoms with E-state index in [1.165, 1.54) is 28.0 Å². The number of nitrogens with zero attached hydrogens (tertiary/aromatic N) is 2. The number of amides is 1. The maximum Gasteiger partial charge on any atom is 0.271 e. The van der Waals surface area contributed by atoms with E-state index in [-0.39, 0.29) is 17.6 Å². The predicted molar refractivity (Wildman–Crippen MR) is 147 cm³/mol. The Kier molecular flexibility index (Phi) is 7.07. The first-order valence-electron chi connectivity index (χ1n) is 12.2. The lowest BCUT2D eigenvalue weighted by Crippen LogP contribution is -2.40. The topological polar surface area (TPSA) is 72.7 Å². The van der Waals surface area contributed by atoms with Crippen molar-refractivity contribution >= 4 is 29.0 Å². The Morgan fingerprint density at radius 3 is 2.45 bits per heavy atom. The molecule has 3 aromatic carbocycles. The molecule has 1 aliphatic heterocycles. The van der Waals surface area contributed by atoms with Gasteiger partial charge in [-0.15, -0.1) is 0 Å². The standard InChI is InChI=1S/C30H26FN3O3S/c1-18(2)37-24-12-8-7-9-21(24)17-25-29(36)34-27(20-13-15-22(31)16-14-20)26(19(3)32-30(34)38-25)28(35)33-23-10-5-4-6-11-23/h4-18,27H,1-3H3,(H,33,35)/b25-17-/t27-/m0/s1. The van der Waals surface area contributed by atoms with E-state index in [2.05, 4.69) is 10.3 Å². The number of carbonyl (C=O) groups excluding carboxylic acids is 1. The van der Waals surface area contributed by atoms with Gasteiger partial charge < -0.3 is 10.1 Å². The molecule has 8 heteroatoms. The molecule has 1 aliphatic rings. The molecule has 0 spiro atoms. The number of allylic oxidation sites excluding steroid dienone is 1. The third-order valence-electron chi connectivity index (χ3n) is 6.05. The lowest BCUT2D eigenvalue weighted by Gasteiger charge is -2.25. The Morgan fingerprint density at radius 2 is 1.74 bits per heavy atom. The molecule has 192 valence electrons. The van der Waals surface area contributed by atoms with Gasteiger partial charge in [-0.05, 0) is 62.7 Å². The molecule has 0 saturated carbocycles. The van der Waals surface area contributed by atoms with Crippen LogP contribution in [0, 0.1) is 5.82 Å². The summed E-state index contributed by atoms with van der Waals surface area (Å²) in [4.78, 5) is 32.5. The van der Waals surface area contributed by atoms with Crippen LogP contribution in [0.3, 0.4) is 0 Å². The summed E-state index contributed by atoms with van der Waals surface area (Å²) in [6.45, 7) is 5.63. The summed E-state index contributed by atoms with van der Waals surface area (Å²) in [5.74, 6) is -0.113. The summed E-state index contributed by atoms with van der Waals surface area (Å²) < 4.78 is 21.7. The molecule has 0 saturated heterocycles. The molecule has 0 radical (unpaired) electrons. The number of benzene rings is 3. The minimum absolute atomic E-state index is 0.0300. The maximum absolute atomic E-state index is 13.8. The predicted octanol–water partition coefficient (Wildman–Crippen LogP) is 4.80. The summed E-state index contributed by atoms with van der Waals surface area (Å²) >= 11 is 1.24. The Hall–Kier alpha value is -4.30. The van der Waals surface area contributed by atoms with Crippen LogP contribution in [0.1, 0.15) is 37.9 Å². The van der Waals surface area contributed by atoms with Crippen LogP contribution in [0.25, 0.3) is 6.08 Å². The van der Waals surface area contributed by atoms with Crippen molar-refractivity contribution in [3.8, 4) is 5.75 Å². The Balaban J connectivity index is 1.67. The number of carbonyl (C=O) groups is 1. The number of fused-ring (bicyclic) bond motifs is 1. The number of para-hydroxylation sites is 2. The maximum atomic E-state index is 13.8. The van der Waals surface area contributed by atoms with E-state index in [1.807, 2.05) is 56.3 Å². The zero-order chi connectivity index (χ0) is 26.8. The van der Waals surface area contributed by atoms with Crippen LogP contribution in [0.2, 0.25) is 0 Å². The normalized spacial score (nSPS) is 15.3. The molecule has 6 nitrogen and oxygen atoms in total. The highest BCUT2D eigenvalue weighted by Gasteiger charge is 2.32. The van der Waals surface area contributed by atoms with Crippen molar-refractivity contribution in [2.75, 3.05) is 5.32 Å². The van der Waals surface area contributed by atoms with Crippen LogP contribution in [0.5, 0.6) is 5.75 Å². The molecule has 0 aliphatic carbocycles. The number of ether oxygens (including phenoxy) is 1. The highest BCUT2D eigenvalue weighted by molar-refractivity contribution is 7.07. The number of nitrogens with one attached hydrogen (secondary N) is 1. The van der Waals surface area contributed by atoms with Crippen molar-refractivity contribution < 1.29 is 13.9 Å². The van der Waals surface area contributed by atoms with Gasteiger partial charge in [0, 0.05) is 11.3 Å². The van der Waals surface area contributed by atoms with Crippen LogP contribution < -0.4 is 24.9 Å². The highest BCUT2D eigenvalue weighted by atomic mass is 32.1. The van der Waals surface area contributed by atoms with Gasteiger partial charge in [-0.3, -0.25) is 14.2 Å². The zero-order valence-corrected chi connectivity index (χ0v) is 22.0.